The average molecular weight is 269 g/mol. The molecule has 8 heteroatoms. The van der Waals surface area contributed by atoms with Crippen LogP contribution in [0.5, 0.6) is 0 Å². The molecule has 0 aliphatic heterocycles. The van der Waals surface area contributed by atoms with Crippen LogP contribution in [0.25, 0.3) is 0 Å². The monoisotopic (exact) mass is 269 g/mol. The molecule has 2 aliphatic rings. The van der Waals surface area contributed by atoms with Crippen molar-refractivity contribution in [1.82, 2.24) is 5.32 Å². The highest BCUT2D eigenvalue weighted by molar-refractivity contribution is 7.73. The lowest BCUT2D eigenvalue weighted by Gasteiger charge is -2.28. The topological polar surface area (TPSA) is 63.2 Å². The molecule has 2 aliphatic carbocycles. The number of nitrogens with one attached hydrogen (secondary N) is 1. The summed E-state index contributed by atoms with van der Waals surface area (Å²) in [6, 6.07) is 0. The van der Waals surface area contributed by atoms with E-state index in [0.717, 1.165) is 0 Å². The summed E-state index contributed by atoms with van der Waals surface area (Å²) in [5.74, 6) is -1.74. The van der Waals surface area contributed by atoms with E-state index in [2.05, 4.69) is 0 Å². The number of hydrogen-bond donors (Lipinski definition) is 1. The third kappa shape index (κ3) is 2.05. The van der Waals surface area contributed by atoms with Gasteiger partial charge in [-0.15, -0.1) is 0 Å². The Morgan fingerprint density at radius 3 is 2.24 bits per heavy atom. The number of halogens is 3. The molecule has 1 amide bonds. The van der Waals surface area contributed by atoms with Gasteiger partial charge in [0, 0.05) is 0 Å². The van der Waals surface area contributed by atoms with Crippen molar-refractivity contribution >= 4 is 21.1 Å². The standard InChI is InChI=1S/C9H10F3NO3S/c10-9(11,12)8(3-4-8)13-7(14)5-1-2-6(5)17(15)16/h5H,1-4H2,(H,13,14). The molecule has 96 valence electrons. The van der Waals surface area contributed by atoms with Crippen molar-refractivity contribution in [2.45, 2.75) is 37.4 Å². The van der Waals surface area contributed by atoms with Gasteiger partial charge >= 0.3 is 6.18 Å². The Balaban J connectivity index is 2.07. The second-order valence-corrected chi connectivity index (χ2v) is 5.36. The SMILES string of the molecule is O=C(NC1(C(F)(F)F)CC1)C1CCC1=S(=O)=O. The van der Waals surface area contributed by atoms with Crippen LogP contribution in [0, 0.1) is 5.92 Å². The Kier molecular flexibility index (Phi) is 2.72. The third-order valence-electron chi connectivity index (χ3n) is 3.25. The number of hydrogen-bond acceptors (Lipinski definition) is 3. The Morgan fingerprint density at radius 2 is 1.94 bits per heavy atom. The highest BCUT2D eigenvalue weighted by atomic mass is 32.2. The van der Waals surface area contributed by atoms with E-state index in [1.165, 1.54) is 0 Å². The normalized spacial score (nSPS) is 26.1. The zero-order valence-corrected chi connectivity index (χ0v) is 9.49. The fourth-order valence-corrected chi connectivity index (χ4v) is 2.55. The predicted molar refractivity (Wildman–Crippen MR) is 52.8 cm³/mol. The van der Waals surface area contributed by atoms with Crippen LogP contribution in [0.2, 0.25) is 0 Å². The van der Waals surface area contributed by atoms with Gasteiger partial charge in [0.15, 0.2) is 0 Å². The summed E-state index contributed by atoms with van der Waals surface area (Å²) in [5.41, 5.74) is -2.12. The Labute approximate surface area is 96.7 Å². The van der Waals surface area contributed by atoms with Crippen LogP contribution < -0.4 is 5.32 Å². The zero-order chi connectivity index (χ0) is 12.8. The molecule has 0 aromatic heterocycles. The summed E-state index contributed by atoms with van der Waals surface area (Å²) < 4.78 is 58.9. The van der Waals surface area contributed by atoms with E-state index in [9.17, 15) is 26.4 Å². The van der Waals surface area contributed by atoms with Crippen molar-refractivity contribution in [2.24, 2.45) is 5.92 Å². The number of amides is 1. The summed E-state index contributed by atoms with van der Waals surface area (Å²) in [7, 11) is -2.48. The summed E-state index contributed by atoms with van der Waals surface area (Å²) in [6.45, 7) is 0. The van der Waals surface area contributed by atoms with Crippen molar-refractivity contribution in [3.05, 3.63) is 0 Å². The van der Waals surface area contributed by atoms with Gasteiger partial charge in [-0.1, -0.05) is 0 Å². The minimum atomic E-state index is -4.47. The van der Waals surface area contributed by atoms with Gasteiger partial charge in [-0.25, -0.2) is 0 Å². The molecule has 1 unspecified atom stereocenters. The van der Waals surface area contributed by atoms with E-state index in [0.29, 0.717) is 6.42 Å². The molecule has 0 bridgehead atoms. The van der Waals surface area contributed by atoms with Gasteiger partial charge in [0.25, 0.3) is 0 Å². The Morgan fingerprint density at radius 1 is 1.35 bits per heavy atom. The van der Waals surface area contributed by atoms with E-state index < -0.39 is 33.8 Å². The first-order valence-electron chi connectivity index (χ1n) is 5.10. The third-order valence-corrected chi connectivity index (χ3v) is 4.17. The van der Waals surface area contributed by atoms with Gasteiger partial charge in [-0.2, -0.15) is 21.6 Å². The predicted octanol–water partition coefficient (Wildman–Crippen LogP) is 0.659. The second-order valence-electron chi connectivity index (χ2n) is 4.36. The van der Waals surface area contributed by atoms with Crippen LogP contribution in [-0.2, 0) is 15.1 Å². The Hall–Kier alpha value is -1.05. The van der Waals surface area contributed by atoms with Crippen LogP contribution in [0.3, 0.4) is 0 Å². The first-order valence-corrected chi connectivity index (χ1v) is 6.18. The lowest BCUT2D eigenvalue weighted by Crippen LogP contribution is -2.52. The summed E-state index contributed by atoms with van der Waals surface area (Å²) >= 11 is 0. The molecule has 2 fully saturated rings. The van der Waals surface area contributed by atoms with Crippen LogP contribution in [0.1, 0.15) is 25.7 Å². The number of carbonyl (C=O) groups excluding carboxylic acids is 1. The average Bonchev–Trinajstić information content (AvgIpc) is 2.79. The van der Waals surface area contributed by atoms with E-state index in [-0.39, 0.29) is 24.1 Å². The van der Waals surface area contributed by atoms with Crippen LogP contribution in [-0.4, -0.2) is 30.9 Å². The molecule has 0 aromatic carbocycles. The quantitative estimate of drug-likeness (QED) is 0.749. The molecule has 2 saturated carbocycles. The van der Waals surface area contributed by atoms with Gasteiger partial charge in [0.05, 0.1) is 10.8 Å². The van der Waals surface area contributed by atoms with Crippen LogP contribution in [0.15, 0.2) is 0 Å². The minimum absolute atomic E-state index is 0.000439. The molecule has 17 heavy (non-hydrogen) atoms. The van der Waals surface area contributed by atoms with Gasteiger partial charge in [-0.3, -0.25) is 4.79 Å². The van der Waals surface area contributed by atoms with E-state index in [4.69, 9.17) is 0 Å². The smallest absolute Gasteiger partial charge is 0.341 e. The summed E-state index contributed by atoms with van der Waals surface area (Å²) in [5, 5.41) is 1.94. The molecule has 4 nitrogen and oxygen atoms in total. The fraction of sp³-hybridized carbons (Fsp3) is 0.778. The molecule has 1 atom stereocenters. The highest BCUT2D eigenvalue weighted by Crippen LogP contribution is 2.49. The van der Waals surface area contributed by atoms with Gasteiger partial charge in [0.1, 0.15) is 5.54 Å². The maximum atomic E-state index is 12.6. The van der Waals surface area contributed by atoms with E-state index in [1.54, 1.807) is 0 Å². The molecule has 0 aromatic rings. The minimum Gasteiger partial charge on any atom is -0.341 e. The molecular weight excluding hydrogens is 259 g/mol. The number of alkyl halides is 3. The van der Waals surface area contributed by atoms with Crippen molar-refractivity contribution < 1.29 is 26.4 Å². The number of carbonyl (C=O) groups is 1. The van der Waals surface area contributed by atoms with Gasteiger partial charge < -0.3 is 5.32 Å². The lowest BCUT2D eigenvalue weighted by atomic mass is 9.84. The fourth-order valence-electron chi connectivity index (χ4n) is 1.81. The maximum absolute atomic E-state index is 12.6. The second kappa shape index (κ2) is 3.72. The molecule has 0 heterocycles. The van der Waals surface area contributed by atoms with Crippen molar-refractivity contribution in [2.75, 3.05) is 0 Å². The molecule has 0 radical (unpaired) electrons. The maximum Gasteiger partial charge on any atom is 0.411 e. The van der Waals surface area contributed by atoms with Gasteiger partial charge in [0.2, 0.25) is 16.2 Å². The number of rotatable bonds is 2. The Bertz CT molecular complexity index is 482. The molecule has 2 rings (SSSR count). The van der Waals surface area contributed by atoms with Crippen molar-refractivity contribution in [1.29, 1.82) is 0 Å². The first-order chi connectivity index (χ1) is 7.77. The molecule has 1 N–H and O–H groups in total. The lowest BCUT2D eigenvalue weighted by molar-refractivity contribution is -0.171. The summed E-state index contributed by atoms with van der Waals surface area (Å²) in [4.78, 5) is 11.5. The van der Waals surface area contributed by atoms with Gasteiger partial charge in [-0.05, 0) is 25.7 Å². The highest BCUT2D eigenvalue weighted by Gasteiger charge is 2.64. The van der Waals surface area contributed by atoms with Crippen molar-refractivity contribution in [3.8, 4) is 0 Å². The van der Waals surface area contributed by atoms with E-state index >= 15 is 0 Å². The van der Waals surface area contributed by atoms with Crippen LogP contribution >= 0.6 is 0 Å². The first kappa shape index (κ1) is 12.4. The molecule has 0 spiro atoms. The van der Waals surface area contributed by atoms with Crippen LogP contribution in [0.4, 0.5) is 13.2 Å². The molecule has 0 saturated heterocycles. The zero-order valence-electron chi connectivity index (χ0n) is 8.67. The summed E-state index contributed by atoms with van der Waals surface area (Å²) in [6.07, 6.45) is -4.19. The van der Waals surface area contributed by atoms with E-state index in [1.807, 2.05) is 5.32 Å². The largest absolute Gasteiger partial charge is 0.411 e. The molecular formula is C9H10F3NO3S. The van der Waals surface area contributed by atoms with Crippen molar-refractivity contribution in [3.63, 3.8) is 0 Å².